The first-order valence-electron chi connectivity index (χ1n) is 5.46. The van der Waals surface area contributed by atoms with Crippen LogP contribution in [0.5, 0.6) is 11.5 Å². The van der Waals surface area contributed by atoms with Crippen molar-refractivity contribution < 1.29 is 21.7 Å². The van der Waals surface area contributed by atoms with Crippen LogP contribution < -0.4 is 8.92 Å². The highest BCUT2D eigenvalue weighted by Gasteiger charge is 2.23. The number of ether oxygens (including phenoxy) is 1. The second-order valence-corrected chi connectivity index (χ2v) is 6.19. The summed E-state index contributed by atoms with van der Waals surface area (Å²) in [6.07, 6.45) is 0. The average Bonchev–Trinajstić information content (AvgIpc) is 2.41. The van der Waals surface area contributed by atoms with E-state index in [1.54, 1.807) is 6.07 Å². The van der Waals surface area contributed by atoms with Gasteiger partial charge in [-0.05, 0) is 30.3 Å². The standard InChI is InChI=1S/C13H10BrFO4S/c1-18-12-7-6-9(14)8-13(12)20(16,17)19-11-5-3-2-4-10(11)15/h2-8H,1H3. The number of hydrogen-bond donors (Lipinski definition) is 0. The molecule has 0 aliphatic carbocycles. The number of rotatable bonds is 4. The fourth-order valence-electron chi connectivity index (χ4n) is 1.52. The fraction of sp³-hybridized carbons (Fsp3) is 0.0769. The van der Waals surface area contributed by atoms with Gasteiger partial charge in [-0.1, -0.05) is 28.1 Å². The van der Waals surface area contributed by atoms with Gasteiger partial charge in [-0.3, -0.25) is 0 Å². The van der Waals surface area contributed by atoms with E-state index in [4.69, 9.17) is 8.92 Å². The summed E-state index contributed by atoms with van der Waals surface area (Å²) in [6, 6.07) is 9.69. The van der Waals surface area contributed by atoms with Crippen molar-refractivity contribution in [1.82, 2.24) is 0 Å². The molecular formula is C13H10BrFO4S. The summed E-state index contributed by atoms with van der Waals surface area (Å²) in [5.41, 5.74) is 0. The van der Waals surface area contributed by atoms with Gasteiger partial charge in [0, 0.05) is 4.47 Å². The topological polar surface area (TPSA) is 52.6 Å². The summed E-state index contributed by atoms with van der Waals surface area (Å²) in [6.45, 7) is 0. The zero-order valence-corrected chi connectivity index (χ0v) is 12.7. The molecule has 0 aliphatic rings. The molecule has 0 fully saturated rings. The van der Waals surface area contributed by atoms with Gasteiger partial charge in [0.1, 0.15) is 10.6 Å². The van der Waals surface area contributed by atoms with Gasteiger partial charge in [0.25, 0.3) is 0 Å². The zero-order chi connectivity index (χ0) is 14.8. The summed E-state index contributed by atoms with van der Waals surface area (Å²) in [7, 11) is -2.86. The normalized spacial score (nSPS) is 11.2. The minimum atomic E-state index is -4.20. The summed E-state index contributed by atoms with van der Waals surface area (Å²) in [5.74, 6) is -1.01. The summed E-state index contributed by atoms with van der Waals surface area (Å²) >= 11 is 3.17. The maximum atomic E-state index is 13.5. The van der Waals surface area contributed by atoms with Crippen molar-refractivity contribution >= 4 is 26.0 Å². The van der Waals surface area contributed by atoms with E-state index in [0.29, 0.717) is 4.47 Å². The number of methoxy groups -OCH3 is 1. The number of para-hydroxylation sites is 1. The largest absolute Gasteiger partial charge is 0.495 e. The molecule has 0 spiro atoms. The Morgan fingerprint density at radius 1 is 1.10 bits per heavy atom. The van der Waals surface area contributed by atoms with Crippen molar-refractivity contribution in [3.05, 3.63) is 52.8 Å². The van der Waals surface area contributed by atoms with Crippen molar-refractivity contribution in [3.8, 4) is 11.5 Å². The van der Waals surface area contributed by atoms with Gasteiger partial charge in [0.15, 0.2) is 11.6 Å². The van der Waals surface area contributed by atoms with E-state index in [0.717, 1.165) is 6.07 Å². The molecule has 0 saturated carbocycles. The molecular weight excluding hydrogens is 351 g/mol. The Morgan fingerprint density at radius 3 is 2.45 bits per heavy atom. The van der Waals surface area contributed by atoms with Crippen LogP contribution in [0, 0.1) is 5.82 Å². The SMILES string of the molecule is COc1ccc(Br)cc1S(=O)(=O)Oc1ccccc1F. The molecule has 106 valence electrons. The second-order valence-electron chi connectivity index (χ2n) is 3.76. The molecule has 0 heterocycles. The molecule has 0 radical (unpaired) electrons. The molecule has 20 heavy (non-hydrogen) atoms. The van der Waals surface area contributed by atoms with Crippen LogP contribution in [0.3, 0.4) is 0 Å². The lowest BCUT2D eigenvalue weighted by atomic mass is 10.3. The van der Waals surface area contributed by atoms with Crippen LogP contribution in [-0.4, -0.2) is 15.5 Å². The summed E-state index contributed by atoms with van der Waals surface area (Å²) < 4.78 is 48.2. The van der Waals surface area contributed by atoms with Crippen LogP contribution in [0.4, 0.5) is 4.39 Å². The van der Waals surface area contributed by atoms with E-state index < -0.39 is 15.9 Å². The van der Waals surface area contributed by atoms with E-state index >= 15 is 0 Å². The smallest absolute Gasteiger partial charge is 0.343 e. The minimum Gasteiger partial charge on any atom is -0.495 e. The average molecular weight is 361 g/mol. The number of hydrogen-bond acceptors (Lipinski definition) is 4. The lowest BCUT2D eigenvalue weighted by Crippen LogP contribution is -2.12. The first-order valence-corrected chi connectivity index (χ1v) is 7.67. The van der Waals surface area contributed by atoms with Gasteiger partial charge in [0.2, 0.25) is 0 Å². The highest BCUT2D eigenvalue weighted by Crippen LogP contribution is 2.30. The maximum Gasteiger partial charge on any atom is 0.343 e. The molecule has 0 amide bonds. The van der Waals surface area contributed by atoms with E-state index in [1.807, 2.05) is 0 Å². The van der Waals surface area contributed by atoms with Gasteiger partial charge in [-0.15, -0.1) is 0 Å². The monoisotopic (exact) mass is 360 g/mol. The molecule has 2 aromatic carbocycles. The van der Waals surface area contributed by atoms with Gasteiger partial charge in [-0.25, -0.2) is 4.39 Å². The predicted octanol–water partition coefficient (Wildman–Crippen LogP) is 3.36. The van der Waals surface area contributed by atoms with Gasteiger partial charge in [0.05, 0.1) is 7.11 Å². The van der Waals surface area contributed by atoms with Crippen LogP contribution >= 0.6 is 15.9 Å². The Kier molecular flexibility index (Phi) is 4.29. The van der Waals surface area contributed by atoms with Gasteiger partial charge >= 0.3 is 10.1 Å². The zero-order valence-electron chi connectivity index (χ0n) is 10.3. The quantitative estimate of drug-likeness (QED) is 0.784. The van der Waals surface area contributed by atoms with Crippen LogP contribution in [0.25, 0.3) is 0 Å². The Morgan fingerprint density at radius 2 is 1.80 bits per heavy atom. The number of halogens is 2. The molecule has 0 N–H and O–H groups in total. The summed E-state index contributed by atoms with van der Waals surface area (Å²) in [5, 5.41) is 0. The second kappa shape index (κ2) is 5.80. The Balaban J connectivity index is 2.46. The predicted molar refractivity (Wildman–Crippen MR) is 74.9 cm³/mol. The maximum absolute atomic E-state index is 13.5. The van der Waals surface area contributed by atoms with E-state index in [2.05, 4.69) is 15.9 Å². The minimum absolute atomic E-state index is 0.115. The van der Waals surface area contributed by atoms with Crippen molar-refractivity contribution in [1.29, 1.82) is 0 Å². The van der Waals surface area contributed by atoms with Crippen LogP contribution in [-0.2, 0) is 10.1 Å². The third-order valence-electron chi connectivity index (χ3n) is 2.43. The molecule has 7 heteroatoms. The highest BCUT2D eigenvalue weighted by atomic mass is 79.9. The molecule has 0 saturated heterocycles. The lowest BCUT2D eigenvalue weighted by Gasteiger charge is -2.11. The third-order valence-corrected chi connectivity index (χ3v) is 4.18. The Bertz CT molecular complexity index is 731. The van der Waals surface area contributed by atoms with Crippen molar-refractivity contribution in [2.24, 2.45) is 0 Å². The third kappa shape index (κ3) is 3.10. The van der Waals surface area contributed by atoms with Crippen LogP contribution in [0.2, 0.25) is 0 Å². The van der Waals surface area contributed by atoms with Crippen molar-refractivity contribution in [3.63, 3.8) is 0 Å². The first kappa shape index (κ1) is 14.8. The molecule has 0 unspecified atom stereocenters. The molecule has 0 aliphatic heterocycles. The molecule has 0 bridgehead atoms. The van der Waals surface area contributed by atoms with Gasteiger partial charge in [-0.2, -0.15) is 8.42 Å². The van der Waals surface area contributed by atoms with Crippen LogP contribution in [0.15, 0.2) is 51.8 Å². The van der Waals surface area contributed by atoms with E-state index in [9.17, 15) is 12.8 Å². The molecule has 0 aromatic heterocycles. The number of benzene rings is 2. The fourth-order valence-corrected chi connectivity index (χ4v) is 3.16. The Hall–Kier alpha value is -1.60. The van der Waals surface area contributed by atoms with Gasteiger partial charge < -0.3 is 8.92 Å². The molecule has 2 rings (SSSR count). The molecule has 2 aromatic rings. The Labute approximate surface area is 124 Å². The van der Waals surface area contributed by atoms with E-state index in [1.165, 1.54) is 37.4 Å². The highest BCUT2D eigenvalue weighted by molar-refractivity contribution is 9.10. The molecule has 4 nitrogen and oxygen atoms in total. The van der Waals surface area contributed by atoms with Crippen LogP contribution in [0.1, 0.15) is 0 Å². The summed E-state index contributed by atoms with van der Waals surface area (Å²) in [4.78, 5) is -0.183. The molecule has 0 atom stereocenters. The van der Waals surface area contributed by atoms with Crippen molar-refractivity contribution in [2.45, 2.75) is 4.90 Å². The van der Waals surface area contributed by atoms with E-state index in [-0.39, 0.29) is 16.4 Å². The lowest BCUT2D eigenvalue weighted by molar-refractivity contribution is 0.396. The van der Waals surface area contributed by atoms with Crippen molar-refractivity contribution in [2.75, 3.05) is 7.11 Å². The first-order chi connectivity index (χ1) is 9.44.